The van der Waals surface area contributed by atoms with E-state index in [1.807, 2.05) is 19.1 Å². The van der Waals surface area contributed by atoms with Crippen molar-refractivity contribution in [1.29, 1.82) is 0 Å². The summed E-state index contributed by atoms with van der Waals surface area (Å²) in [5, 5.41) is 8.63. The van der Waals surface area contributed by atoms with Gasteiger partial charge in [0.05, 0.1) is 0 Å². The largest absolute Gasteiger partial charge is 0.368 e. The molecule has 0 radical (unpaired) electrons. The van der Waals surface area contributed by atoms with Crippen LogP contribution in [0.5, 0.6) is 0 Å². The van der Waals surface area contributed by atoms with Gasteiger partial charge in [-0.25, -0.2) is 23.7 Å². The molecule has 3 aromatic rings. The van der Waals surface area contributed by atoms with Crippen LogP contribution in [0.25, 0.3) is 0 Å². The van der Waals surface area contributed by atoms with Gasteiger partial charge >= 0.3 is 0 Å². The molecule has 0 bridgehead atoms. The number of carbonyl (C=O) groups is 1. The molecule has 2 heterocycles. The first-order valence-corrected chi connectivity index (χ1v) is 8.94. The average molecular weight is 398 g/mol. The Balaban J connectivity index is 1.57. The van der Waals surface area contributed by atoms with Crippen molar-refractivity contribution < 1.29 is 13.6 Å². The Morgan fingerprint density at radius 3 is 2.41 bits per heavy atom. The van der Waals surface area contributed by atoms with Crippen molar-refractivity contribution in [1.82, 2.24) is 20.3 Å². The summed E-state index contributed by atoms with van der Waals surface area (Å²) in [5.41, 5.74) is 0.469. The van der Waals surface area contributed by atoms with E-state index in [0.717, 1.165) is 17.7 Å². The second kappa shape index (κ2) is 9.05. The Kier molecular flexibility index (Phi) is 6.28. The number of rotatable bonds is 7. The molecule has 1 amide bonds. The first-order valence-electron chi connectivity index (χ1n) is 8.94. The molecule has 0 saturated carbocycles. The van der Waals surface area contributed by atoms with Gasteiger partial charge in [0.2, 0.25) is 0 Å². The molecule has 150 valence electrons. The molecule has 3 N–H and O–H groups in total. The van der Waals surface area contributed by atoms with Gasteiger partial charge in [-0.05, 0) is 43.7 Å². The fourth-order valence-electron chi connectivity index (χ4n) is 2.63. The van der Waals surface area contributed by atoms with Crippen molar-refractivity contribution in [2.45, 2.75) is 13.8 Å². The maximum atomic E-state index is 13.6. The summed E-state index contributed by atoms with van der Waals surface area (Å²) in [6.07, 6.45) is 1.70. The monoisotopic (exact) mass is 398 g/mol. The molecule has 0 saturated heterocycles. The lowest BCUT2D eigenvalue weighted by atomic mass is 10.2. The Labute approximate surface area is 166 Å². The third-order valence-electron chi connectivity index (χ3n) is 3.92. The van der Waals surface area contributed by atoms with E-state index in [9.17, 15) is 13.6 Å². The zero-order valence-corrected chi connectivity index (χ0v) is 16.0. The number of amides is 1. The molecule has 0 atom stereocenters. The molecule has 29 heavy (non-hydrogen) atoms. The number of anilines is 3. The summed E-state index contributed by atoms with van der Waals surface area (Å²) < 4.78 is 27.2. The second-order valence-corrected chi connectivity index (χ2v) is 6.31. The van der Waals surface area contributed by atoms with Crippen molar-refractivity contribution >= 4 is 23.4 Å². The summed E-state index contributed by atoms with van der Waals surface area (Å²) >= 11 is 0. The lowest BCUT2D eigenvalue weighted by Gasteiger charge is -2.11. The molecule has 0 aliphatic heterocycles. The topological polar surface area (TPSA) is 91.8 Å². The number of aryl methyl sites for hydroxylation is 2. The standard InChI is InChI=1S/C20H20F2N6O/c1-12-6-7-23-16(10-12)28-18-11-17(26-13(2)27-18)24-8-9-25-20(29)19-14(21)4-3-5-15(19)22/h3-7,10-11H,8-9H2,1-2H3,(H,25,29)(H2,23,24,26,27,28). The van der Waals surface area contributed by atoms with Crippen molar-refractivity contribution in [2.24, 2.45) is 0 Å². The van der Waals surface area contributed by atoms with Gasteiger partial charge in [-0.3, -0.25) is 4.79 Å². The number of carbonyl (C=O) groups excluding carboxylic acids is 1. The van der Waals surface area contributed by atoms with E-state index in [-0.39, 0.29) is 6.54 Å². The van der Waals surface area contributed by atoms with Gasteiger partial charge < -0.3 is 16.0 Å². The minimum Gasteiger partial charge on any atom is -0.368 e. The number of aromatic nitrogens is 3. The number of hydrogen-bond acceptors (Lipinski definition) is 6. The molecule has 0 unspecified atom stereocenters. The van der Waals surface area contributed by atoms with Crippen molar-refractivity contribution in [3.8, 4) is 0 Å². The van der Waals surface area contributed by atoms with E-state index in [1.54, 1.807) is 19.2 Å². The Bertz CT molecular complexity index is 1010. The molecular formula is C20H20F2N6O. The van der Waals surface area contributed by atoms with Crippen LogP contribution in [0, 0.1) is 25.5 Å². The average Bonchev–Trinajstić information content (AvgIpc) is 2.65. The molecule has 0 fully saturated rings. The highest BCUT2D eigenvalue weighted by Gasteiger charge is 2.16. The minimum absolute atomic E-state index is 0.151. The molecule has 2 aromatic heterocycles. The van der Waals surface area contributed by atoms with Crippen LogP contribution in [-0.4, -0.2) is 33.9 Å². The van der Waals surface area contributed by atoms with Crippen LogP contribution in [0.3, 0.4) is 0 Å². The van der Waals surface area contributed by atoms with Gasteiger partial charge in [0.1, 0.15) is 40.5 Å². The summed E-state index contributed by atoms with van der Waals surface area (Å²) in [5.74, 6) is -0.302. The van der Waals surface area contributed by atoms with E-state index < -0.39 is 23.1 Å². The highest BCUT2D eigenvalue weighted by molar-refractivity contribution is 5.94. The quantitative estimate of drug-likeness (QED) is 0.529. The molecular weight excluding hydrogens is 378 g/mol. The van der Waals surface area contributed by atoms with Crippen LogP contribution in [0.15, 0.2) is 42.6 Å². The highest BCUT2D eigenvalue weighted by Crippen LogP contribution is 2.16. The number of nitrogens with zero attached hydrogens (tertiary/aromatic N) is 3. The zero-order valence-electron chi connectivity index (χ0n) is 16.0. The number of benzene rings is 1. The number of pyridine rings is 1. The van der Waals surface area contributed by atoms with Crippen molar-refractivity contribution in [2.75, 3.05) is 23.7 Å². The first-order chi connectivity index (χ1) is 13.9. The van der Waals surface area contributed by atoms with Crippen LogP contribution < -0.4 is 16.0 Å². The number of nitrogens with one attached hydrogen (secondary N) is 3. The number of halogens is 2. The van der Waals surface area contributed by atoms with Gasteiger partial charge in [-0.1, -0.05) is 6.07 Å². The molecule has 9 heteroatoms. The van der Waals surface area contributed by atoms with E-state index in [4.69, 9.17) is 0 Å². The lowest BCUT2D eigenvalue weighted by molar-refractivity contribution is 0.0946. The second-order valence-electron chi connectivity index (χ2n) is 6.31. The predicted octanol–water partition coefficient (Wildman–Crippen LogP) is 3.35. The minimum atomic E-state index is -0.901. The first kappa shape index (κ1) is 20.1. The summed E-state index contributed by atoms with van der Waals surface area (Å²) in [4.78, 5) is 24.8. The smallest absolute Gasteiger partial charge is 0.257 e. The van der Waals surface area contributed by atoms with E-state index in [2.05, 4.69) is 30.9 Å². The SMILES string of the molecule is Cc1ccnc(Nc2cc(NCCNC(=O)c3c(F)cccc3F)nc(C)n2)c1. The molecule has 0 spiro atoms. The summed E-state index contributed by atoms with van der Waals surface area (Å²) in [6.45, 7) is 4.17. The lowest BCUT2D eigenvalue weighted by Crippen LogP contribution is -2.30. The third-order valence-corrected chi connectivity index (χ3v) is 3.92. The van der Waals surface area contributed by atoms with Crippen LogP contribution in [-0.2, 0) is 0 Å². The summed E-state index contributed by atoms with van der Waals surface area (Å²) in [6, 6.07) is 8.77. The van der Waals surface area contributed by atoms with Crippen molar-refractivity contribution in [3.05, 3.63) is 71.2 Å². The fourth-order valence-corrected chi connectivity index (χ4v) is 2.63. The van der Waals surface area contributed by atoms with E-state index in [1.165, 1.54) is 6.07 Å². The molecule has 1 aromatic carbocycles. The normalized spacial score (nSPS) is 10.5. The van der Waals surface area contributed by atoms with Crippen LogP contribution in [0.1, 0.15) is 21.7 Å². The molecule has 7 nitrogen and oxygen atoms in total. The van der Waals surface area contributed by atoms with Gasteiger partial charge in [0.25, 0.3) is 5.91 Å². The summed E-state index contributed by atoms with van der Waals surface area (Å²) in [7, 11) is 0. The predicted molar refractivity (Wildman–Crippen MR) is 106 cm³/mol. The Morgan fingerprint density at radius 2 is 1.69 bits per heavy atom. The highest BCUT2D eigenvalue weighted by atomic mass is 19.1. The van der Waals surface area contributed by atoms with E-state index >= 15 is 0 Å². The maximum Gasteiger partial charge on any atom is 0.257 e. The third kappa shape index (κ3) is 5.44. The maximum absolute atomic E-state index is 13.6. The van der Waals surface area contributed by atoms with Gasteiger partial charge in [0.15, 0.2) is 0 Å². The van der Waals surface area contributed by atoms with Crippen LogP contribution in [0.4, 0.5) is 26.2 Å². The number of hydrogen-bond donors (Lipinski definition) is 3. The Hall–Kier alpha value is -3.62. The van der Waals surface area contributed by atoms with Gasteiger partial charge in [-0.15, -0.1) is 0 Å². The fraction of sp³-hybridized carbons (Fsp3) is 0.200. The van der Waals surface area contributed by atoms with Crippen LogP contribution >= 0.6 is 0 Å². The molecule has 3 rings (SSSR count). The molecule has 0 aliphatic rings. The zero-order chi connectivity index (χ0) is 20.8. The molecule has 0 aliphatic carbocycles. The van der Waals surface area contributed by atoms with Gasteiger partial charge in [-0.2, -0.15) is 0 Å². The Morgan fingerprint density at radius 1 is 0.966 bits per heavy atom. The van der Waals surface area contributed by atoms with Crippen molar-refractivity contribution in [3.63, 3.8) is 0 Å². The van der Waals surface area contributed by atoms with Gasteiger partial charge in [0, 0.05) is 25.4 Å². The van der Waals surface area contributed by atoms with Crippen LogP contribution in [0.2, 0.25) is 0 Å². The van der Waals surface area contributed by atoms with E-state index in [0.29, 0.717) is 29.8 Å².